The average Bonchev–Trinajstić information content (AvgIpc) is 3.01. The van der Waals surface area contributed by atoms with Gasteiger partial charge in [0.15, 0.2) is 5.82 Å². The van der Waals surface area contributed by atoms with E-state index in [0.29, 0.717) is 0 Å². The van der Waals surface area contributed by atoms with Crippen LogP contribution in [0.25, 0.3) is 11.3 Å². The van der Waals surface area contributed by atoms with Gasteiger partial charge in [-0.25, -0.2) is 0 Å². The summed E-state index contributed by atoms with van der Waals surface area (Å²) in [5.41, 5.74) is 2.44. The molecule has 108 valence electrons. The van der Waals surface area contributed by atoms with E-state index in [4.69, 9.17) is 5.11 Å². The summed E-state index contributed by atoms with van der Waals surface area (Å²) in [6, 6.07) is 11.4. The molecule has 2 heterocycles. The van der Waals surface area contributed by atoms with Crippen molar-refractivity contribution < 1.29 is 9.90 Å². The van der Waals surface area contributed by atoms with E-state index < -0.39 is 5.97 Å². The Balaban J connectivity index is 1.81. The lowest BCUT2D eigenvalue weighted by Crippen LogP contribution is -2.19. The van der Waals surface area contributed by atoms with Gasteiger partial charge in [0.25, 0.3) is 0 Å². The summed E-state index contributed by atoms with van der Waals surface area (Å²) >= 11 is 0. The largest absolute Gasteiger partial charge is 0.481 e. The molecule has 1 aromatic carbocycles. The lowest BCUT2D eigenvalue weighted by atomic mass is 10.1. The van der Waals surface area contributed by atoms with Gasteiger partial charge in [0, 0.05) is 18.7 Å². The summed E-state index contributed by atoms with van der Waals surface area (Å²) in [5, 5.41) is 17.4. The van der Waals surface area contributed by atoms with Crippen LogP contribution in [-0.4, -0.2) is 34.4 Å². The lowest BCUT2D eigenvalue weighted by Gasteiger charge is -2.15. The average molecular weight is 283 g/mol. The minimum absolute atomic E-state index is 0.0210. The number of anilines is 1. The first-order valence-electron chi connectivity index (χ1n) is 7.12. The van der Waals surface area contributed by atoms with Crippen LogP contribution in [0.2, 0.25) is 0 Å². The Labute approximate surface area is 123 Å². The molecule has 0 aliphatic carbocycles. The van der Waals surface area contributed by atoms with Crippen LogP contribution < -0.4 is 4.90 Å². The second-order valence-electron chi connectivity index (χ2n) is 5.24. The molecule has 1 saturated heterocycles. The summed E-state index contributed by atoms with van der Waals surface area (Å²) in [5.74, 6) is 0.0838. The van der Waals surface area contributed by atoms with Gasteiger partial charge in [0.1, 0.15) is 0 Å². The van der Waals surface area contributed by atoms with Crippen LogP contribution >= 0.6 is 0 Å². The van der Waals surface area contributed by atoms with Crippen LogP contribution in [0.4, 0.5) is 5.82 Å². The van der Waals surface area contributed by atoms with Crippen LogP contribution in [0.5, 0.6) is 0 Å². The van der Waals surface area contributed by atoms with Gasteiger partial charge in [0.05, 0.1) is 12.1 Å². The summed E-state index contributed by atoms with van der Waals surface area (Å²) in [6.07, 6.45) is 2.44. The molecular weight excluding hydrogens is 266 g/mol. The van der Waals surface area contributed by atoms with Gasteiger partial charge in [-0.1, -0.05) is 18.2 Å². The third-order valence-corrected chi connectivity index (χ3v) is 3.66. The molecule has 0 bridgehead atoms. The molecule has 0 radical (unpaired) electrons. The summed E-state index contributed by atoms with van der Waals surface area (Å²) in [4.78, 5) is 13.0. The van der Waals surface area contributed by atoms with Gasteiger partial charge < -0.3 is 10.0 Å². The predicted octanol–water partition coefficient (Wildman–Crippen LogP) is 2.37. The van der Waals surface area contributed by atoms with Gasteiger partial charge in [-0.15, -0.1) is 10.2 Å². The topological polar surface area (TPSA) is 66.3 Å². The third kappa shape index (κ3) is 3.18. The zero-order chi connectivity index (χ0) is 14.7. The molecule has 3 rings (SSSR count). The van der Waals surface area contributed by atoms with Crippen molar-refractivity contribution in [3.8, 4) is 11.3 Å². The molecule has 1 N–H and O–H groups in total. The highest BCUT2D eigenvalue weighted by Gasteiger charge is 2.14. The summed E-state index contributed by atoms with van der Waals surface area (Å²) in [7, 11) is 0. The number of hydrogen-bond donors (Lipinski definition) is 1. The Morgan fingerprint density at radius 3 is 2.62 bits per heavy atom. The molecule has 1 fully saturated rings. The second-order valence-corrected chi connectivity index (χ2v) is 5.24. The Kier molecular flexibility index (Phi) is 3.81. The Hall–Kier alpha value is -2.43. The van der Waals surface area contributed by atoms with Gasteiger partial charge >= 0.3 is 5.97 Å². The number of carboxylic acids is 1. The molecule has 21 heavy (non-hydrogen) atoms. The SMILES string of the molecule is O=C(O)Cc1cccc(-c2ccc(N3CCCC3)nn2)c1. The molecule has 2 aromatic rings. The van der Waals surface area contributed by atoms with E-state index >= 15 is 0 Å². The number of rotatable bonds is 4. The summed E-state index contributed by atoms with van der Waals surface area (Å²) in [6.45, 7) is 2.09. The number of carbonyl (C=O) groups is 1. The maximum absolute atomic E-state index is 10.8. The van der Waals surface area contributed by atoms with E-state index in [1.807, 2.05) is 36.4 Å². The first-order valence-corrected chi connectivity index (χ1v) is 7.12. The van der Waals surface area contributed by atoms with Crippen LogP contribution in [0.15, 0.2) is 36.4 Å². The van der Waals surface area contributed by atoms with Crippen molar-refractivity contribution in [1.82, 2.24) is 10.2 Å². The highest BCUT2D eigenvalue weighted by molar-refractivity contribution is 5.71. The van der Waals surface area contributed by atoms with E-state index in [2.05, 4.69) is 15.1 Å². The fraction of sp³-hybridized carbons (Fsp3) is 0.312. The van der Waals surface area contributed by atoms with E-state index in [0.717, 1.165) is 35.7 Å². The monoisotopic (exact) mass is 283 g/mol. The Morgan fingerprint density at radius 2 is 1.95 bits per heavy atom. The van der Waals surface area contributed by atoms with Crippen molar-refractivity contribution in [2.75, 3.05) is 18.0 Å². The molecule has 0 saturated carbocycles. The number of nitrogens with zero attached hydrogens (tertiary/aromatic N) is 3. The molecule has 0 spiro atoms. The van der Waals surface area contributed by atoms with E-state index in [-0.39, 0.29) is 6.42 Å². The van der Waals surface area contributed by atoms with Crippen molar-refractivity contribution in [3.63, 3.8) is 0 Å². The molecule has 0 atom stereocenters. The van der Waals surface area contributed by atoms with Crippen LogP contribution in [0.3, 0.4) is 0 Å². The van der Waals surface area contributed by atoms with E-state index in [9.17, 15) is 4.79 Å². The van der Waals surface area contributed by atoms with Gasteiger partial charge in [-0.2, -0.15) is 0 Å². The van der Waals surface area contributed by atoms with Gasteiger partial charge in [-0.3, -0.25) is 4.79 Å². The molecule has 5 heteroatoms. The van der Waals surface area contributed by atoms with Gasteiger partial charge in [0.2, 0.25) is 0 Å². The molecular formula is C16H17N3O2. The van der Waals surface area contributed by atoms with Crippen molar-refractivity contribution in [2.45, 2.75) is 19.3 Å². The third-order valence-electron chi connectivity index (χ3n) is 3.66. The van der Waals surface area contributed by atoms with Crippen LogP contribution in [0.1, 0.15) is 18.4 Å². The molecule has 0 unspecified atom stereocenters. The standard InChI is InChI=1S/C16H17N3O2/c20-16(21)11-12-4-3-5-13(10-12)14-6-7-15(18-17-14)19-8-1-2-9-19/h3-7,10H,1-2,8-9,11H2,(H,20,21). The number of carboxylic acid groups (broad SMARTS) is 1. The number of aliphatic carboxylic acids is 1. The fourth-order valence-electron chi connectivity index (χ4n) is 2.61. The second kappa shape index (κ2) is 5.91. The molecule has 1 aromatic heterocycles. The normalized spacial score (nSPS) is 14.4. The maximum Gasteiger partial charge on any atom is 0.307 e. The first-order chi connectivity index (χ1) is 10.2. The quantitative estimate of drug-likeness (QED) is 0.933. The first kappa shape index (κ1) is 13.5. The van der Waals surface area contributed by atoms with Crippen molar-refractivity contribution in [2.24, 2.45) is 0 Å². The van der Waals surface area contributed by atoms with Crippen LogP contribution in [-0.2, 0) is 11.2 Å². The Morgan fingerprint density at radius 1 is 1.14 bits per heavy atom. The predicted molar refractivity (Wildman–Crippen MR) is 80.3 cm³/mol. The van der Waals surface area contributed by atoms with Crippen molar-refractivity contribution in [3.05, 3.63) is 42.0 Å². The number of hydrogen-bond acceptors (Lipinski definition) is 4. The van der Waals surface area contributed by atoms with Gasteiger partial charge in [-0.05, 0) is 36.6 Å². The van der Waals surface area contributed by atoms with E-state index in [1.54, 1.807) is 0 Å². The Bertz CT molecular complexity index is 634. The number of aromatic nitrogens is 2. The fourth-order valence-corrected chi connectivity index (χ4v) is 2.61. The van der Waals surface area contributed by atoms with Crippen molar-refractivity contribution >= 4 is 11.8 Å². The molecule has 5 nitrogen and oxygen atoms in total. The molecule has 0 amide bonds. The van der Waals surface area contributed by atoms with E-state index in [1.165, 1.54) is 12.8 Å². The molecule has 1 aliphatic heterocycles. The lowest BCUT2D eigenvalue weighted by molar-refractivity contribution is -0.136. The number of benzene rings is 1. The highest BCUT2D eigenvalue weighted by Crippen LogP contribution is 2.21. The van der Waals surface area contributed by atoms with Crippen LogP contribution in [0, 0.1) is 0 Å². The smallest absolute Gasteiger partial charge is 0.307 e. The highest BCUT2D eigenvalue weighted by atomic mass is 16.4. The molecule has 1 aliphatic rings. The minimum atomic E-state index is -0.831. The zero-order valence-corrected chi connectivity index (χ0v) is 11.7. The zero-order valence-electron chi connectivity index (χ0n) is 11.7. The minimum Gasteiger partial charge on any atom is -0.481 e. The summed E-state index contributed by atoms with van der Waals surface area (Å²) < 4.78 is 0. The maximum atomic E-state index is 10.8. The van der Waals surface area contributed by atoms with Crippen molar-refractivity contribution in [1.29, 1.82) is 0 Å².